The number of halogens is 1. The second kappa shape index (κ2) is 5.24. The van der Waals surface area contributed by atoms with E-state index in [0.29, 0.717) is 0 Å². The van der Waals surface area contributed by atoms with Crippen LogP contribution in [0.4, 0.5) is 4.79 Å². The van der Waals surface area contributed by atoms with Crippen LogP contribution in [0.15, 0.2) is 0 Å². The largest absolute Gasteiger partial charge is 1.00 e. The third-order valence-electron chi connectivity index (χ3n) is 0.476. The topological polar surface area (TPSA) is 38.3 Å². The van der Waals surface area contributed by atoms with Crippen molar-refractivity contribution in [3.8, 4) is 0 Å². The minimum absolute atomic E-state index is 0. The fraction of sp³-hybridized carbons (Fsp3) is 0.800. The summed E-state index contributed by atoms with van der Waals surface area (Å²) in [5.41, 5.74) is -0.473. The van der Waals surface area contributed by atoms with Crippen LogP contribution in [-0.4, -0.2) is 11.7 Å². The molecule has 1 amide bonds. The first-order valence-corrected chi connectivity index (χ1v) is 2.93. The van der Waals surface area contributed by atoms with Crippen molar-refractivity contribution in [1.29, 1.82) is 0 Å². The van der Waals surface area contributed by atoms with Crippen molar-refractivity contribution < 1.29 is 39.1 Å². The molecule has 0 unspecified atom stereocenters. The Kier molecular flexibility index (Phi) is 6.90. The molecule has 5 heteroatoms. The van der Waals surface area contributed by atoms with Gasteiger partial charge in [0.1, 0.15) is 5.60 Å². The van der Waals surface area contributed by atoms with Crippen molar-refractivity contribution in [3.63, 3.8) is 0 Å². The van der Waals surface area contributed by atoms with Gasteiger partial charge in [-0.1, -0.05) is 0 Å². The molecule has 0 aromatic rings. The van der Waals surface area contributed by atoms with E-state index >= 15 is 0 Å². The van der Waals surface area contributed by atoms with Crippen LogP contribution in [0.2, 0.25) is 0 Å². The average Bonchev–Trinajstić information content (AvgIpc) is 1.62. The van der Waals surface area contributed by atoms with Gasteiger partial charge in [-0.25, -0.2) is 9.63 Å². The van der Waals surface area contributed by atoms with Gasteiger partial charge in [0.15, 0.2) is 0 Å². The standard InChI is InChI=1S/C5H10ClNO2.Na/c1-5(2,3)9-4(8)7-6;/h1-3H3,(H,7,8);/q;+1. The molecule has 0 bridgehead atoms. The predicted molar refractivity (Wildman–Crippen MR) is 35.2 cm³/mol. The van der Waals surface area contributed by atoms with Crippen molar-refractivity contribution in [2.75, 3.05) is 0 Å². The van der Waals surface area contributed by atoms with Gasteiger partial charge >= 0.3 is 35.7 Å². The molecule has 0 spiro atoms. The molecule has 0 saturated carbocycles. The van der Waals surface area contributed by atoms with E-state index in [1.807, 2.05) is 4.84 Å². The monoisotopic (exact) mass is 174 g/mol. The van der Waals surface area contributed by atoms with Gasteiger partial charge in [-0.15, -0.1) is 0 Å². The van der Waals surface area contributed by atoms with E-state index in [1.54, 1.807) is 20.8 Å². The van der Waals surface area contributed by atoms with Gasteiger partial charge in [-0.3, -0.25) is 0 Å². The molecular weight excluding hydrogens is 165 g/mol. The number of hydrogen-bond acceptors (Lipinski definition) is 2. The Morgan fingerprint density at radius 2 is 1.90 bits per heavy atom. The van der Waals surface area contributed by atoms with Crippen LogP contribution in [0, 0.1) is 0 Å². The number of carbonyl (C=O) groups excluding carboxylic acids is 1. The van der Waals surface area contributed by atoms with E-state index < -0.39 is 11.7 Å². The van der Waals surface area contributed by atoms with Crippen LogP contribution < -0.4 is 34.4 Å². The summed E-state index contributed by atoms with van der Waals surface area (Å²) in [4.78, 5) is 12.2. The first kappa shape index (κ1) is 13.2. The van der Waals surface area contributed by atoms with Gasteiger partial charge in [0.2, 0.25) is 0 Å². The molecule has 3 nitrogen and oxygen atoms in total. The minimum atomic E-state index is -0.621. The smallest absolute Gasteiger partial charge is 0.443 e. The summed E-state index contributed by atoms with van der Waals surface area (Å²) < 4.78 is 4.70. The molecule has 10 heavy (non-hydrogen) atoms. The predicted octanol–water partition coefficient (Wildman–Crippen LogP) is -1.33. The molecule has 0 aromatic carbocycles. The normalized spacial score (nSPS) is 9.60. The van der Waals surface area contributed by atoms with E-state index in [0.717, 1.165) is 0 Å². The summed E-state index contributed by atoms with van der Waals surface area (Å²) in [5, 5.41) is 0. The van der Waals surface area contributed by atoms with Gasteiger partial charge in [0, 0.05) is 11.8 Å². The molecule has 0 aliphatic rings. The second-order valence-electron chi connectivity index (χ2n) is 2.60. The SMILES string of the molecule is CC(C)(C)OC(=O)NCl.[Na+]. The Labute approximate surface area is 87.9 Å². The van der Waals surface area contributed by atoms with E-state index in [9.17, 15) is 4.79 Å². The number of nitrogens with one attached hydrogen (secondary N) is 1. The van der Waals surface area contributed by atoms with Gasteiger partial charge in [-0.05, 0) is 20.8 Å². The van der Waals surface area contributed by atoms with Crippen molar-refractivity contribution in [1.82, 2.24) is 4.84 Å². The van der Waals surface area contributed by atoms with Crippen LogP contribution in [0.5, 0.6) is 0 Å². The number of ether oxygens (including phenoxy) is 1. The van der Waals surface area contributed by atoms with E-state index in [4.69, 9.17) is 16.5 Å². The molecular formula is C5H10ClNNaO2+. The Balaban J connectivity index is 0. The average molecular weight is 175 g/mol. The van der Waals surface area contributed by atoms with Gasteiger partial charge in [0.25, 0.3) is 0 Å². The zero-order valence-electron chi connectivity index (χ0n) is 6.69. The zero-order valence-corrected chi connectivity index (χ0v) is 9.45. The van der Waals surface area contributed by atoms with Crippen LogP contribution in [0.3, 0.4) is 0 Å². The number of amides is 1. The van der Waals surface area contributed by atoms with Gasteiger partial charge in [-0.2, -0.15) is 0 Å². The van der Waals surface area contributed by atoms with Gasteiger partial charge < -0.3 is 4.74 Å². The Morgan fingerprint density at radius 3 is 2.00 bits per heavy atom. The quantitative estimate of drug-likeness (QED) is 0.365. The number of carbonyl (C=O) groups is 1. The maximum absolute atomic E-state index is 10.4. The molecule has 1 N–H and O–H groups in total. The Hall–Kier alpha value is 0.560. The number of rotatable bonds is 0. The molecule has 0 saturated heterocycles. The summed E-state index contributed by atoms with van der Waals surface area (Å²) in [6, 6.07) is 0. The summed E-state index contributed by atoms with van der Waals surface area (Å²) in [7, 11) is 0. The molecule has 0 heterocycles. The van der Waals surface area contributed by atoms with Crippen molar-refractivity contribution >= 4 is 17.9 Å². The first-order chi connectivity index (χ1) is 3.95. The molecule has 54 valence electrons. The van der Waals surface area contributed by atoms with Gasteiger partial charge in [0.05, 0.1) is 0 Å². The molecule has 0 aliphatic heterocycles. The zero-order chi connectivity index (χ0) is 7.49. The molecule has 0 aromatic heterocycles. The number of hydrogen-bond donors (Lipinski definition) is 1. The van der Waals surface area contributed by atoms with Crippen molar-refractivity contribution in [2.45, 2.75) is 26.4 Å². The minimum Gasteiger partial charge on any atom is -0.443 e. The summed E-state index contributed by atoms with van der Waals surface area (Å²) >= 11 is 4.93. The van der Waals surface area contributed by atoms with Crippen LogP contribution in [-0.2, 0) is 4.74 Å². The molecule has 0 fully saturated rings. The first-order valence-electron chi connectivity index (χ1n) is 2.55. The maximum Gasteiger partial charge on any atom is 1.00 e. The Morgan fingerprint density at radius 1 is 1.50 bits per heavy atom. The van der Waals surface area contributed by atoms with Crippen molar-refractivity contribution in [3.05, 3.63) is 0 Å². The summed E-state index contributed by atoms with van der Waals surface area (Å²) in [6.07, 6.45) is -0.621. The molecule has 0 radical (unpaired) electrons. The summed E-state index contributed by atoms with van der Waals surface area (Å²) in [5.74, 6) is 0. The van der Waals surface area contributed by atoms with E-state index in [-0.39, 0.29) is 29.6 Å². The molecule has 0 aliphatic carbocycles. The van der Waals surface area contributed by atoms with Crippen LogP contribution in [0.1, 0.15) is 20.8 Å². The summed E-state index contributed by atoms with van der Waals surface area (Å²) in [6.45, 7) is 5.29. The second-order valence-corrected chi connectivity index (χ2v) is 2.79. The molecule has 0 rings (SSSR count). The fourth-order valence-corrected chi connectivity index (χ4v) is 0.336. The third kappa shape index (κ3) is 8.56. The van der Waals surface area contributed by atoms with Crippen molar-refractivity contribution in [2.24, 2.45) is 0 Å². The fourth-order valence-electron chi connectivity index (χ4n) is 0.297. The van der Waals surface area contributed by atoms with Crippen LogP contribution in [0.25, 0.3) is 0 Å². The molecule has 0 atom stereocenters. The Bertz CT molecular complexity index is 113. The van der Waals surface area contributed by atoms with Crippen LogP contribution >= 0.6 is 11.8 Å². The van der Waals surface area contributed by atoms with E-state index in [1.165, 1.54) is 0 Å². The third-order valence-corrected chi connectivity index (χ3v) is 0.630. The maximum atomic E-state index is 10.4. The van der Waals surface area contributed by atoms with E-state index in [2.05, 4.69) is 0 Å².